The van der Waals surface area contributed by atoms with Crippen LogP contribution in [0.2, 0.25) is 0 Å². The molecule has 1 aromatic heterocycles. The van der Waals surface area contributed by atoms with Gasteiger partial charge in [0, 0.05) is 14.2 Å². The summed E-state index contributed by atoms with van der Waals surface area (Å²) in [5.41, 5.74) is 0. The van der Waals surface area contributed by atoms with E-state index < -0.39 is 0 Å². The number of anilines is 1. The highest BCUT2D eigenvalue weighted by molar-refractivity contribution is 5.15. The van der Waals surface area contributed by atoms with Gasteiger partial charge in [0.2, 0.25) is 0 Å². The number of hydrogen-bond donors (Lipinski definition) is 1. The molecule has 0 saturated heterocycles. The van der Waals surface area contributed by atoms with Gasteiger partial charge in [-0.25, -0.2) is 0 Å². The van der Waals surface area contributed by atoms with Crippen LogP contribution in [0.4, 0.5) is 6.01 Å². The van der Waals surface area contributed by atoms with Gasteiger partial charge in [-0.05, 0) is 0 Å². The summed E-state index contributed by atoms with van der Waals surface area (Å²) in [6.07, 6.45) is 0. The summed E-state index contributed by atoms with van der Waals surface area (Å²) in [7, 11) is 3.29. The molecule has 84 valence electrons. The van der Waals surface area contributed by atoms with E-state index in [4.69, 9.17) is 9.26 Å². The van der Waals surface area contributed by atoms with E-state index in [2.05, 4.69) is 15.5 Å². The van der Waals surface area contributed by atoms with Crippen molar-refractivity contribution < 1.29 is 9.26 Å². The van der Waals surface area contributed by atoms with E-state index in [0.717, 1.165) is 0 Å². The summed E-state index contributed by atoms with van der Waals surface area (Å²) in [5, 5.41) is 6.31. The smallest absolute Gasteiger partial charge is 0.321 e. The maximum atomic E-state index is 4.77. The number of methoxy groups -OCH3 is 1. The lowest BCUT2D eigenvalue weighted by Crippen LogP contribution is -1.91. The molecule has 0 aliphatic heterocycles. The van der Waals surface area contributed by atoms with E-state index in [-0.39, 0.29) is 0 Å². The van der Waals surface area contributed by atoms with Gasteiger partial charge in [-0.3, -0.25) is 0 Å². The van der Waals surface area contributed by atoms with Crippen molar-refractivity contribution in [3.8, 4) is 0 Å². The van der Waals surface area contributed by atoms with Crippen LogP contribution in [-0.4, -0.2) is 24.3 Å². The highest BCUT2D eigenvalue weighted by Gasteiger charge is 2.01. The van der Waals surface area contributed by atoms with E-state index in [0.29, 0.717) is 18.4 Å². The summed E-state index contributed by atoms with van der Waals surface area (Å²) < 4.78 is 9.49. The number of hydrogen-bond acceptors (Lipinski definition) is 5. The van der Waals surface area contributed by atoms with Crippen molar-refractivity contribution in [3.63, 3.8) is 0 Å². The van der Waals surface area contributed by atoms with Gasteiger partial charge in [0.15, 0.2) is 5.82 Å². The molecule has 1 heterocycles. The summed E-state index contributed by atoms with van der Waals surface area (Å²) in [5.74, 6) is 0.548. The number of rotatable bonds is 3. The van der Waals surface area contributed by atoms with E-state index >= 15 is 0 Å². The van der Waals surface area contributed by atoms with Gasteiger partial charge in [0.1, 0.15) is 6.61 Å². The molecule has 5 heteroatoms. The van der Waals surface area contributed by atoms with Crippen molar-refractivity contribution in [1.82, 2.24) is 10.1 Å². The lowest BCUT2D eigenvalue weighted by molar-refractivity contribution is 0.174. The highest BCUT2D eigenvalue weighted by Crippen LogP contribution is 2.01. The SMILES string of the molecule is CC.CC.CNc1nc(COC)no1. The van der Waals surface area contributed by atoms with E-state index in [1.807, 2.05) is 27.7 Å². The highest BCUT2D eigenvalue weighted by atomic mass is 16.5. The van der Waals surface area contributed by atoms with Gasteiger partial charge in [0.05, 0.1) is 0 Å². The van der Waals surface area contributed by atoms with Crippen molar-refractivity contribution in [2.45, 2.75) is 34.3 Å². The third-order valence-electron chi connectivity index (χ3n) is 0.955. The monoisotopic (exact) mass is 203 g/mol. The average Bonchev–Trinajstić information content (AvgIpc) is 2.72. The Morgan fingerprint density at radius 2 is 1.86 bits per heavy atom. The number of nitrogens with zero attached hydrogens (tertiary/aromatic N) is 2. The molecule has 0 saturated carbocycles. The minimum atomic E-state index is 0.380. The number of ether oxygens (including phenoxy) is 1. The minimum Gasteiger partial charge on any atom is -0.377 e. The molecule has 14 heavy (non-hydrogen) atoms. The van der Waals surface area contributed by atoms with E-state index in [9.17, 15) is 0 Å². The quantitative estimate of drug-likeness (QED) is 0.816. The molecule has 0 aliphatic rings. The summed E-state index contributed by atoms with van der Waals surface area (Å²) in [6.45, 7) is 8.38. The zero-order valence-corrected chi connectivity index (χ0v) is 9.92. The fourth-order valence-corrected chi connectivity index (χ4v) is 0.543. The number of aromatic nitrogens is 2. The van der Waals surface area contributed by atoms with Crippen LogP contribution in [-0.2, 0) is 11.3 Å². The zero-order chi connectivity index (χ0) is 11.4. The van der Waals surface area contributed by atoms with Crippen molar-refractivity contribution in [2.24, 2.45) is 0 Å². The summed E-state index contributed by atoms with van der Waals surface area (Å²) in [6, 6.07) is 0.409. The van der Waals surface area contributed by atoms with Crippen LogP contribution in [0.3, 0.4) is 0 Å². The predicted molar refractivity (Wildman–Crippen MR) is 57.3 cm³/mol. The van der Waals surface area contributed by atoms with Crippen LogP contribution in [0.5, 0.6) is 0 Å². The molecule has 5 nitrogen and oxygen atoms in total. The first-order valence-corrected chi connectivity index (χ1v) is 4.86. The molecule has 0 aliphatic carbocycles. The summed E-state index contributed by atoms with van der Waals surface area (Å²) >= 11 is 0. The molecule has 0 amide bonds. The van der Waals surface area contributed by atoms with Crippen molar-refractivity contribution in [2.75, 3.05) is 19.5 Å². The topological polar surface area (TPSA) is 60.2 Å². The number of nitrogens with one attached hydrogen (secondary N) is 1. The second kappa shape index (κ2) is 11.9. The standard InChI is InChI=1S/C5H9N3O2.2C2H6/c1-6-5-7-4(3-9-2)8-10-5;2*1-2/h3H2,1-2H3,(H,6,7,8);2*1-2H3. The predicted octanol–water partition coefficient (Wildman–Crippen LogP) is 2.31. The van der Waals surface area contributed by atoms with Crippen LogP contribution in [0.1, 0.15) is 33.5 Å². The molecule has 1 aromatic rings. The second-order valence-electron chi connectivity index (χ2n) is 1.70. The van der Waals surface area contributed by atoms with Crippen LogP contribution in [0.15, 0.2) is 4.52 Å². The Morgan fingerprint density at radius 3 is 2.21 bits per heavy atom. The van der Waals surface area contributed by atoms with Crippen LogP contribution < -0.4 is 5.32 Å². The van der Waals surface area contributed by atoms with Gasteiger partial charge in [-0.15, -0.1) is 0 Å². The molecule has 0 spiro atoms. The van der Waals surface area contributed by atoms with E-state index in [1.165, 1.54) is 0 Å². The first-order valence-electron chi connectivity index (χ1n) is 4.86. The van der Waals surface area contributed by atoms with Crippen LogP contribution in [0, 0.1) is 0 Å². The van der Waals surface area contributed by atoms with Crippen LogP contribution >= 0.6 is 0 Å². The Balaban J connectivity index is 0. The average molecular weight is 203 g/mol. The molecule has 0 bridgehead atoms. The Hall–Kier alpha value is -1.10. The van der Waals surface area contributed by atoms with Gasteiger partial charge >= 0.3 is 6.01 Å². The zero-order valence-electron chi connectivity index (χ0n) is 9.92. The first kappa shape index (κ1) is 15.4. The van der Waals surface area contributed by atoms with Crippen molar-refractivity contribution in [1.29, 1.82) is 0 Å². The van der Waals surface area contributed by atoms with Gasteiger partial charge in [-0.1, -0.05) is 32.9 Å². The van der Waals surface area contributed by atoms with Gasteiger partial charge in [0.25, 0.3) is 0 Å². The molecule has 0 radical (unpaired) electrons. The normalized spacial score (nSPS) is 7.86. The van der Waals surface area contributed by atoms with Gasteiger partial charge < -0.3 is 14.6 Å². The first-order chi connectivity index (χ1) is 6.86. The molecule has 0 unspecified atom stereocenters. The Labute approximate surface area is 85.8 Å². The second-order valence-corrected chi connectivity index (χ2v) is 1.70. The van der Waals surface area contributed by atoms with Crippen molar-refractivity contribution >= 4 is 6.01 Å². The Morgan fingerprint density at radius 1 is 1.29 bits per heavy atom. The van der Waals surface area contributed by atoms with Crippen molar-refractivity contribution in [3.05, 3.63) is 5.82 Å². The van der Waals surface area contributed by atoms with E-state index in [1.54, 1.807) is 14.2 Å². The molecule has 1 rings (SSSR count). The largest absolute Gasteiger partial charge is 0.377 e. The summed E-state index contributed by atoms with van der Waals surface area (Å²) in [4.78, 5) is 3.90. The molecular weight excluding hydrogens is 182 g/mol. The molecular formula is C9H21N3O2. The molecule has 0 fully saturated rings. The third kappa shape index (κ3) is 6.42. The Kier molecular flexibility index (Phi) is 13.1. The molecule has 0 atom stereocenters. The Bertz CT molecular complexity index is 202. The van der Waals surface area contributed by atoms with Crippen LogP contribution in [0.25, 0.3) is 0 Å². The molecule has 0 aromatic carbocycles. The maximum absolute atomic E-state index is 4.77. The lowest BCUT2D eigenvalue weighted by Gasteiger charge is -1.86. The third-order valence-corrected chi connectivity index (χ3v) is 0.955. The van der Waals surface area contributed by atoms with Gasteiger partial charge in [-0.2, -0.15) is 4.98 Å². The minimum absolute atomic E-state index is 0.380. The fourth-order valence-electron chi connectivity index (χ4n) is 0.543. The fraction of sp³-hybridized carbons (Fsp3) is 0.778. The maximum Gasteiger partial charge on any atom is 0.321 e. The molecule has 1 N–H and O–H groups in total. The lowest BCUT2D eigenvalue weighted by atomic mass is 10.7.